The maximum Gasteiger partial charge on any atom is 0.229 e. The molecule has 1 aromatic rings. The highest BCUT2D eigenvalue weighted by atomic mass is 32.2. The fourth-order valence-electron chi connectivity index (χ4n) is 1.92. The molecule has 1 aromatic carbocycles. The van der Waals surface area contributed by atoms with Crippen molar-refractivity contribution in [2.45, 2.75) is 6.42 Å². The number of anilines is 2. The molecule has 100 valence electrons. The summed E-state index contributed by atoms with van der Waals surface area (Å²) in [6.07, 6.45) is 2.40. The second-order valence-electron chi connectivity index (χ2n) is 4.53. The smallest absolute Gasteiger partial charge is 0.229 e. The molecule has 4 nitrogen and oxygen atoms in total. The number of sulfonamides is 1. The third-order valence-electron chi connectivity index (χ3n) is 2.83. The van der Waals surface area contributed by atoms with Gasteiger partial charge in [-0.1, -0.05) is 12.1 Å². The van der Waals surface area contributed by atoms with Crippen LogP contribution in [0, 0.1) is 5.92 Å². The van der Waals surface area contributed by atoms with E-state index in [1.807, 2.05) is 30.0 Å². The molecule has 0 spiro atoms. The summed E-state index contributed by atoms with van der Waals surface area (Å²) in [5.74, 6) is 3.10. The lowest BCUT2D eigenvalue weighted by atomic mass is 10.1. The molecule has 1 aliphatic heterocycles. The fourth-order valence-corrected chi connectivity index (χ4v) is 3.79. The van der Waals surface area contributed by atoms with E-state index in [1.165, 1.54) is 17.9 Å². The molecule has 0 saturated carbocycles. The Kier molecular flexibility index (Phi) is 4.40. The molecule has 6 heteroatoms. The molecule has 1 heterocycles. The summed E-state index contributed by atoms with van der Waals surface area (Å²) < 4.78 is 25.1. The Morgan fingerprint density at radius 3 is 2.67 bits per heavy atom. The first-order chi connectivity index (χ1) is 8.54. The second kappa shape index (κ2) is 5.84. The van der Waals surface area contributed by atoms with Gasteiger partial charge in [-0.25, -0.2) is 8.42 Å². The van der Waals surface area contributed by atoms with Crippen LogP contribution in [0.1, 0.15) is 6.42 Å². The van der Waals surface area contributed by atoms with Crippen LogP contribution >= 0.6 is 11.8 Å². The van der Waals surface area contributed by atoms with E-state index in [4.69, 9.17) is 0 Å². The molecule has 18 heavy (non-hydrogen) atoms. The summed E-state index contributed by atoms with van der Waals surface area (Å²) in [6, 6.07) is 7.39. The fraction of sp³-hybridized carbons (Fsp3) is 0.500. The second-order valence-corrected chi connectivity index (χ2v) is 7.43. The molecule has 2 N–H and O–H groups in total. The number of nitrogens with one attached hydrogen (secondary N) is 2. The summed E-state index contributed by atoms with van der Waals surface area (Å²) in [7, 11) is -3.23. The van der Waals surface area contributed by atoms with Crippen molar-refractivity contribution in [3.63, 3.8) is 0 Å². The molecule has 0 radical (unpaired) electrons. The summed E-state index contributed by atoms with van der Waals surface area (Å²) >= 11 is 1.98. The maximum atomic E-state index is 11.3. The molecular formula is C12H18N2O2S2. The first-order valence-electron chi connectivity index (χ1n) is 5.93. The summed E-state index contributed by atoms with van der Waals surface area (Å²) in [4.78, 5) is 0. The Morgan fingerprint density at radius 2 is 2.06 bits per heavy atom. The largest absolute Gasteiger partial charge is 0.383 e. The molecule has 1 fully saturated rings. The van der Waals surface area contributed by atoms with Crippen molar-refractivity contribution in [2.24, 2.45) is 5.92 Å². The lowest BCUT2D eigenvalue weighted by Gasteiger charge is -2.15. The first kappa shape index (κ1) is 13.5. The summed E-state index contributed by atoms with van der Waals surface area (Å²) in [5, 5.41) is 3.34. The minimum Gasteiger partial charge on any atom is -0.383 e. The van der Waals surface area contributed by atoms with Gasteiger partial charge in [0.1, 0.15) is 0 Å². The zero-order valence-corrected chi connectivity index (χ0v) is 12.0. The van der Waals surface area contributed by atoms with Gasteiger partial charge in [0.2, 0.25) is 10.0 Å². The first-order valence-corrected chi connectivity index (χ1v) is 8.97. The van der Waals surface area contributed by atoms with E-state index >= 15 is 0 Å². The average Bonchev–Trinajstić information content (AvgIpc) is 2.79. The quantitative estimate of drug-likeness (QED) is 0.871. The standard InChI is InChI=1S/C12H18N2O2S2/c1-18(15,16)14-12-5-3-2-4-11(12)13-8-10-6-7-17-9-10/h2-5,10,13-14H,6-9H2,1H3. The number of benzene rings is 1. The van der Waals surface area contributed by atoms with Gasteiger partial charge in [0, 0.05) is 6.54 Å². The van der Waals surface area contributed by atoms with Crippen LogP contribution in [0.3, 0.4) is 0 Å². The van der Waals surface area contributed by atoms with Crippen LogP contribution in [-0.2, 0) is 10.0 Å². The number of para-hydroxylation sites is 2. The minimum atomic E-state index is -3.23. The van der Waals surface area contributed by atoms with Gasteiger partial charge in [-0.3, -0.25) is 4.72 Å². The molecule has 1 unspecified atom stereocenters. The Morgan fingerprint density at radius 1 is 1.33 bits per heavy atom. The van der Waals surface area contributed by atoms with Gasteiger partial charge in [0.05, 0.1) is 17.6 Å². The lowest BCUT2D eigenvalue weighted by molar-refractivity contribution is 0.607. The van der Waals surface area contributed by atoms with Crippen LogP contribution in [0.25, 0.3) is 0 Å². The van der Waals surface area contributed by atoms with E-state index < -0.39 is 10.0 Å². The molecule has 0 aliphatic carbocycles. The van der Waals surface area contributed by atoms with Crippen LogP contribution < -0.4 is 10.0 Å². The highest BCUT2D eigenvalue weighted by Gasteiger charge is 2.15. The van der Waals surface area contributed by atoms with Crippen molar-refractivity contribution in [3.8, 4) is 0 Å². The SMILES string of the molecule is CS(=O)(=O)Nc1ccccc1NCC1CCSC1. The summed E-state index contributed by atoms with van der Waals surface area (Å²) in [5.41, 5.74) is 1.46. The van der Waals surface area contributed by atoms with Crippen molar-refractivity contribution in [3.05, 3.63) is 24.3 Å². The zero-order chi connectivity index (χ0) is 13.0. The van der Waals surface area contributed by atoms with Gasteiger partial charge >= 0.3 is 0 Å². The van der Waals surface area contributed by atoms with Crippen molar-refractivity contribution in [1.82, 2.24) is 0 Å². The average molecular weight is 286 g/mol. The molecule has 2 rings (SSSR count). The summed E-state index contributed by atoms with van der Waals surface area (Å²) in [6.45, 7) is 0.898. The Hall–Kier alpha value is -0.880. The van der Waals surface area contributed by atoms with Crippen LogP contribution in [-0.4, -0.2) is 32.7 Å². The Bertz CT molecular complexity index is 497. The van der Waals surface area contributed by atoms with E-state index in [-0.39, 0.29) is 0 Å². The lowest BCUT2D eigenvalue weighted by Crippen LogP contribution is -2.16. The topological polar surface area (TPSA) is 58.2 Å². The van der Waals surface area contributed by atoms with Gasteiger partial charge in [0.15, 0.2) is 0 Å². The predicted molar refractivity (Wildman–Crippen MR) is 78.8 cm³/mol. The van der Waals surface area contributed by atoms with Gasteiger partial charge in [-0.2, -0.15) is 11.8 Å². The number of hydrogen-bond donors (Lipinski definition) is 2. The number of thioether (sulfide) groups is 1. The number of rotatable bonds is 5. The van der Waals surface area contributed by atoms with E-state index in [0.29, 0.717) is 11.6 Å². The monoisotopic (exact) mass is 286 g/mol. The van der Waals surface area contributed by atoms with Crippen molar-refractivity contribution in [2.75, 3.05) is 34.3 Å². The van der Waals surface area contributed by atoms with Gasteiger partial charge in [0.25, 0.3) is 0 Å². The zero-order valence-electron chi connectivity index (χ0n) is 10.3. The predicted octanol–water partition coefficient (Wildman–Crippen LogP) is 2.22. The molecule has 0 amide bonds. The van der Waals surface area contributed by atoms with Crippen LogP contribution in [0.4, 0.5) is 11.4 Å². The molecular weight excluding hydrogens is 268 g/mol. The minimum absolute atomic E-state index is 0.616. The van der Waals surface area contributed by atoms with E-state index in [2.05, 4.69) is 10.0 Å². The van der Waals surface area contributed by atoms with E-state index in [9.17, 15) is 8.42 Å². The highest BCUT2D eigenvalue weighted by Crippen LogP contribution is 2.26. The van der Waals surface area contributed by atoms with Gasteiger partial charge < -0.3 is 5.32 Å². The molecule has 0 aromatic heterocycles. The van der Waals surface area contributed by atoms with Crippen LogP contribution in [0.15, 0.2) is 24.3 Å². The van der Waals surface area contributed by atoms with Crippen LogP contribution in [0.2, 0.25) is 0 Å². The molecule has 1 aliphatic rings. The Balaban J connectivity index is 2.02. The van der Waals surface area contributed by atoms with Crippen molar-refractivity contribution < 1.29 is 8.42 Å². The van der Waals surface area contributed by atoms with Gasteiger partial charge in [-0.05, 0) is 36.0 Å². The number of hydrogen-bond acceptors (Lipinski definition) is 4. The third kappa shape index (κ3) is 4.10. The van der Waals surface area contributed by atoms with Crippen molar-refractivity contribution in [1.29, 1.82) is 0 Å². The molecule has 0 bridgehead atoms. The molecule has 1 saturated heterocycles. The normalized spacial score (nSPS) is 19.7. The van der Waals surface area contributed by atoms with Crippen LogP contribution in [0.5, 0.6) is 0 Å². The highest BCUT2D eigenvalue weighted by molar-refractivity contribution is 7.99. The maximum absolute atomic E-state index is 11.3. The van der Waals surface area contributed by atoms with E-state index in [0.717, 1.165) is 18.5 Å². The molecule has 1 atom stereocenters. The van der Waals surface area contributed by atoms with E-state index in [1.54, 1.807) is 6.07 Å². The van der Waals surface area contributed by atoms with Crippen molar-refractivity contribution >= 4 is 33.2 Å². The third-order valence-corrected chi connectivity index (χ3v) is 4.65. The Labute approximate surface area is 113 Å². The van der Waals surface area contributed by atoms with Gasteiger partial charge in [-0.15, -0.1) is 0 Å².